The van der Waals surface area contributed by atoms with Crippen molar-refractivity contribution in [3.63, 3.8) is 0 Å². The van der Waals surface area contributed by atoms with Crippen LogP contribution in [0.2, 0.25) is 0 Å². The molecule has 4 atom stereocenters. The highest BCUT2D eigenvalue weighted by molar-refractivity contribution is 5.09. The van der Waals surface area contributed by atoms with E-state index < -0.39 is 0 Å². The third-order valence-corrected chi connectivity index (χ3v) is 5.75. The van der Waals surface area contributed by atoms with Crippen molar-refractivity contribution in [3.8, 4) is 0 Å². The summed E-state index contributed by atoms with van der Waals surface area (Å²) in [6, 6.07) is 0.425. The lowest BCUT2D eigenvalue weighted by Crippen LogP contribution is -2.62. The molecule has 0 bridgehead atoms. The molecule has 2 nitrogen and oxygen atoms in total. The summed E-state index contributed by atoms with van der Waals surface area (Å²) in [5.74, 6) is 0.763. The topological polar surface area (TPSA) is 35.2 Å². The summed E-state index contributed by atoms with van der Waals surface area (Å²) >= 11 is 0. The Balaban J connectivity index is 1.61. The second kappa shape index (κ2) is 4.55. The van der Waals surface area contributed by atoms with Crippen LogP contribution in [0.3, 0.4) is 0 Å². The van der Waals surface area contributed by atoms with Crippen LogP contribution in [0.15, 0.2) is 0 Å². The van der Waals surface area contributed by atoms with E-state index >= 15 is 0 Å². The molecule has 0 radical (unpaired) electrons. The van der Waals surface area contributed by atoms with Crippen LogP contribution in [0.25, 0.3) is 0 Å². The van der Waals surface area contributed by atoms with Crippen molar-refractivity contribution in [1.29, 1.82) is 0 Å². The summed E-state index contributed by atoms with van der Waals surface area (Å²) in [6.45, 7) is 2.36. The SMILES string of the molecule is CC1CCCCC1OC1CC(N)C12CCCC2. The van der Waals surface area contributed by atoms with Gasteiger partial charge in [0.05, 0.1) is 12.2 Å². The fourth-order valence-corrected chi connectivity index (χ4v) is 4.39. The first kappa shape index (κ1) is 12.0. The van der Waals surface area contributed by atoms with Gasteiger partial charge in [-0.3, -0.25) is 0 Å². The van der Waals surface area contributed by atoms with E-state index in [0.29, 0.717) is 23.7 Å². The van der Waals surface area contributed by atoms with Crippen LogP contribution in [0.5, 0.6) is 0 Å². The summed E-state index contributed by atoms with van der Waals surface area (Å²) in [7, 11) is 0. The van der Waals surface area contributed by atoms with E-state index in [1.54, 1.807) is 0 Å². The Bertz CT molecular complexity index is 272. The minimum atomic E-state index is 0.386. The molecule has 3 aliphatic carbocycles. The van der Waals surface area contributed by atoms with Crippen LogP contribution in [-0.4, -0.2) is 18.2 Å². The largest absolute Gasteiger partial charge is 0.374 e. The zero-order chi connectivity index (χ0) is 11.9. The smallest absolute Gasteiger partial charge is 0.0665 e. The van der Waals surface area contributed by atoms with Crippen molar-refractivity contribution in [2.45, 2.75) is 83.0 Å². The summed E-state index contributed by atoms with van der Waals surface area (Å²) in [5, 5.41) is 0. The van der Waals surface area contributed by atoms with Crippen LogP contribution in [0.4, 0.5) is 0 Å². The lowest BCUT2D eigenvalue weighted by Gasteiger charge is -2.54. The highest BCUT2D eigenvalue weighted by atomic mass is 16.5. The fraction of sp³-hybridized carbons (Fsp3) is 1.00. The second-order valence-corrected chi connectivity index (χ2v) is 6.71. The van der Waals surface area contributed by atoms with Crippen molar-refractivity contribution < 1.29 is 4.74 Å². The van der Waals surface area contributed by atoms with Gasteiger partial charge in [0.25, 0.3) is 0 Å². The normalized spacial score (nSPS) is 44.8. The molecule has 3 fully saturated rings. The van der Waals surface area contributed by atoms with E-state index in [4.69, 9.17) is 10.5 Å². The number of rotatable bonds is 2. The quantitative estimate of drug-likeness (QED) is 0.800. The first-order valence-electron chi connectivity index (χ1n) is 7.63. The van der Waals surface area contributed by atoms with Crippen LogP contribution in [-0.2, 0) is 4.74 Å². The van der Waals surface area contributed by atoms with Gasteiger partial charge in [0.2, 0.25) is 0 Å². The number of ether oxygens (including phenoxy) is 1. The monoisotopic (exact) mass is 237 g/mol. The Morgan fingerprint density at radius 2 is 1.76 bits per heavy atom. The highest BCUT2D eigenvalue weighted by Crippen LogP contribution is 2.54. The summed E-state index contributed by atoms with van der Waals surface area (Å²) in [4.78, 5) is 0. The van der Waals surface area contributed by atoms with E-state index in [2.05, 4.69) is 6.92 Å². The number of hydrogen-bond donors (Lipinski definition) is 1. The Labute approximate surface area is 105 Å². The first-order chi connectivity index (χ1) is 8.22. The van der Waals surface area contributed by atoms with Gasteiger partial charge in [-0.25, -0.2) is 0 Å². The molecule has 0 aromatic rings. The van der Waals surface area contributed by atoms with Gasteiger partial charge in [-0.2, -0.15) is 0 Å². The Morgan fingerprint density at radius 1 is 1.06 bits per heavy atom. The van der Waals surface area contributed by atoms with Gasteiger partial charge in [0.15, 0.2) is 0 Å². The first-order valence-corrected chi connectivity index (χ1v) is 7.63. The Hall–Kier alpha value is -0.0800. The molecule has 0 saturated heterocycles. The molecule has 2 N–H and O–H groups in total. The summed E-state index contributed by atoms with van der Waals surface area (Å²) in [6.07, 6.45) is 12.9. The predicted molar refractivity (Wildman–Crippen MR) is 69.8 cm³/mol. The molecule has 17 heavy (non-hydrogen) atoms. The Morgan fingerprint density at radius 3 is 2.41 bits per heavy atom. The van der Waals surface area contributed by atoms with E-state index in [9.17, 15) is 0 Å². The van der Waals surface area contributed by atoms with Crippen molar-refractivity contribution >= 4 is 0 Å². The molecule has 4 unspecified atom stereocenters. The van der Waals surface area contributed by atoms with Gasteiger partial charge in [0.1, 0.15) is 0 Å². The van der Waals surface area contributed by atoms with Gasteiger partial charge in [-0.05, 0) is 38.0 Å². The molecular formula is C15H27NO. The lowest BCUT2D eigenvalue weighted by atomic mass is 9.61. The molecule has 3 saturated carbocycles. The van der Waals surface area contributed by atoms with Gasteiger partial charge in [-0.1, -0.05) is 32.6 Å². The third kappa shape index (κ3) is 1.94. The molecule has 0 aromatic carbocycles. The molecule has 1 spiro atoms. The zero-order valence-electron chi connectivity index (χ0n) is 11.2. The van der Waals surface area contributed by atoms with E-state index in [1.807, 2.05) is 0 Å². The van der Waals surface area contributed by atoms with Crippen LogP contribution in [0.1, 0.15) is 64.7 Å². The van der Waals surface area contributed by atoms with E-state index in [-0.39, 0.29) is 0 Å². The van der Waals surface area contributed by atoms with Gasteiger partial charge < -0.3 is 10.5 Å². The van der Waals surface area contributed by atoms with Crippen LogP contribution in [0, 0.1) is 11.3 Å². The van der Waals surface area contributed by atoms with Crippen molar-refractivity contribution in [2.24, 2.45) is 17.1 Å². The van der Waals surface area contributed by atoms with Gasteiger partial charge in [-0.15, -0.1) is 0 Å². The molecule has 3 aliphatic rings. The summed E-state index contributed by atoms with van der Waals surface area (Å²) in [5.41, 5.74) is 6.66. The average molecular weight is 237 g/mol. The van der Waals surface area contributed by atoms with Crippen LogP contribution >= 0.6 is 0 Å². The van der Waals surface area contributed by atoms with E-state index in [1.165, 1.54) is 51.4 Å². The second-order valence-electron chi connectivity index (χ2n) is 6.71. The maximum atomic E-state index is 6.47. The molecular weight excluding hydrogens is 210 g/mol. The maximum Gasteiger partial charge on any atom is 0.0665 e. The standard InChI is InChI=1S/C15H27NO/c1-11-6-2-3-7-12(11)17-14-10-13(16)15(14)8-4-5-9-15/h11-14H,2-10,16H2,1H3. The van der Waals surface area contributed by atoms with E-state index in [0.717, 1.165) is 12.3 Å². The van der Waals surface area contributed by atoms with Crippen molar-refractivity contribution in [1.82, 2.24) is 0 Å². The molecule has 3 rings (SSSR count). The summed E-state index contributed by atoms with van der Waals surface area (Å²) < 4.78 is 6.47. The van der Waals surface area contributed by atoms with Gasteiger partial charge in [0, 0.05) is 11.5 Å². The van der Waals surface area contributed by atoms with Crippen molar-refractivity contribution in [2.75, 3.05) is 0 Å². The van der Waals surface area contributed by atoms with Crippen molar-refractivity contribution in [3.05, 3.63) is 0 Å². The molecule has 0 heterocycles. The molecule has 0 aliphatic heterocycles. The van der Waals surface area contributed by atoms with Gasteiger partial charge >= 0.3 is 0 Å². The van der Waals surface area contributed by atoms with Crippen LogP contribution < -0.4 is 5.73 Å². The molecule has 0 amide bonds. The minimum Gasteiger partial charge on any atom is -0.374 e. The Kier molecular flexibility index (Phi) is 3.20. The average Bonchev–Trinajstić information content (AvgIpc) is 2.83. The molecule has 2 heteroatoms. The number of hydrogen-bond acceptors (Lipinski definition) is 2. The zero-order valence-corrected chi connectivity index (χ0v) is 11.2. The predicted octanol–water partition coefficient (Wildman–Crippen LogP) is 3.24. The fourth-order valence-electron chi connectivity index (χ4n) is 4.39. The molecule has 0 aromatic heterocycles. The maximum absolute atomic E-state index is 6.47. The third-order valence-electron chi connectivity index (χ3n) is 5.75. The molecule has 98 valence electrons. The minimum absolute atomic E-state index is 0.386. The number of nitrogens with two attached hydrogens (primary N) is 1. The lowest BCUT2D eigenvalue weighted by molar-refractivity contribution is -0.170. The highest BCUT2D eigenvalue weighted by Gasteiger charge is 2.55.